The molecular formula is C32H27ClIN3O7S. The highest BCUT2D eigenvalue weighted by molar-refractivity contribution is 14.1. The number of carbonyl (C=O) groups is 1. The molecule has 1 aliphatic heterocycles. The summed E-state index contributed by atoms with van der Waals surface area (Å²) in [5.41, 5.74) is 2.39. The van der Waals surface area contributed by atoms with E-state index >= 15 is 0 Å². The average Bonchev–Trinajstić information content (AvgIpc) is 3.30. The fraction of sp³-hybridized carbons (Fsp3) is 0.219. The van der Waals surface area contributed by atoms with Crippen LogP contribution in [0.4, 0.5) is 5.69 Å². The van der Waals surface area contributed by atoms with Gasteiger partial charge >= 0.3 is 5.97 Å². The van der Waals surface area contributed by atoms with Crippen molar-refractivity contribution in [2.75, 3.05) is 13.2 Å². The largest absolute Gasteiger partial charge is 0.494 e. The van der Waals surface area contributed by atoms with E-state index in [4.69, 9.17) is 25.8 Å². The van der Waals surface area contributed by atoms with Crippen molar-refractivity contribution < 1.29 is 23.9 Å². The molecule has 0 bridgehead atoms. The molecule has 2 heterocycles. The number of halogens is 2. The summed E-state index contributed by atoms with van der Waals surface area (Å²) >= 11 is 9.72. The van der Waals surface area contributed by atoms with E-state index in [1.54, 1.807) is 56.3 Å². The fourth-order valence-corrected chi connectivity index (χ4v) is 7.12. The van der Waals surface area contributed by atoms with Crippen molar-refractivity contribution in [2.45, 2.75) is 33.4 Å². The van der Waals surface area contributed by atoms with Crippen LogP contribution in [0.3, 0.4) is 0 Å². The van der Waals surface area contributed by atoms with Crippen LogP contribution in [0.15, 0.2) is 81.7 Å². The van der Waals surface area contributed by atoms with E-state index < -0.39 is 16.9 Å². The maximum Gasteiger partial charge on any atom is 0.338 e. The summed E-state index contributed by atoms with van der Waals surface area (Å²) in [5.74, 6) is 0.623. The van der Waals surface area contributed by atoms with E-state index in [0.29, 0.717) is 52.9 Å². The van der Waals surface area contributed by atoms with Gasteiger partial charge in [0.25, 0.3) is 11.2 Å². The van der Waals surface area contributed by atoms with Crippen molar-refractivity contribution in [1.82, 2.24) is 4.57 Å². The van der Waals surface area contributed by atoms with Crippen LogP contribution in [-0.2, 0) is 16.1 Å². The van der Waals surface area contributed by atoms with E-state index in [0.717, 1.165) is 5.56 Å². The van der Waals surface area contributed by atoms with E-state index in [9.17, 15) is 19.7 Å². The van der Waals surface area contributed by atoms with Gasteiger partial charge in [0, 0.05) is 22.7 Å². The standard InChI is InChI=1S/C32H27ClIN3O7S/c1-4-42-24-12-8-20(9-13-24)28-27(31(39)43-5-2)18(3)35-32-36(28)30(38)26(45-32)15-21-14-22(33)16-25(34)29(21)44-17-19-6-10-23(11-7-19)37(40)41/h6-16,28H,4-5,17H2,1-3H3/b26-15-/t28-/m1/s1. The van der Waals surface area contributed by atoms with Gasteiger partial charge in [0.2, 0.25) is 0 Å². The van der Waals surface area contributed by atoms with Gasteiger partial charge < -0.3 is 14.2 Å². The van der Waals surface area contributed by atoms with E-state index in [1.165, 1.54) is 28.0 Å². The number of aromatic nitrogens is 1. The normalized spacial score (nSPS) is 14.5. The number of ether oxygens (including phenoxy) is 3. The van der Waals surface area contributed by atoms with Gasteiger partial charge in [-0.3, -0.25) is 19.5 Å². The van der Waals surface area contributed by atoms with Crippen LogP contribution < -0.4 is 24.4 Å². The molecule has 0 amide bonds. The van der Waals surface area contributed by atoms with Crippen molar-refractivity contribution >= 4 is 63.3 Å². The number of nitro groups is 1. The Labute approximate surface area is 280 Å². The van der Waals surface area contributed by atoms with Gasteiger partial charge in [-0.1, -0.05) is 35.1 Å². The number of hydrogen-bond acceptors (Lipinski definition) is 9. The van der Waals surface area contributed by atoms with Gasteiger partial charge in [-0.05, 0) is 97.0 Å². The van der Waals surface area contributed by atoms with Crippen LogP contribution in [0.2, 0.25) is 5.02 Å². The number of thiazole rings is 1. The van der Waals surface area contributed by atoms with Crippen molar-refractivity contribution in [1.29, 1.82) is 0 Å². The number of fused-ring (bicyclic) bond motifs is 1. The molecule has 0 saturated heterocycles. The van der Waals surface area contributed by atoms with Crippen molar-refractivity contribution in [3.8, 4) is 11.5 Å². The monoisotopic (exact) mass is 759 g/mol. The van der Waals surface area contributed by atoms with E-state index in [2.05, 4.69) is 27.6 Å². The fourth-order valence-electron chi connectivity index (χ4n) is 4.87. The number of rotatable bonds is 10. The smallest absolute Gasteiger partial charge is 0.338 e. The molecule has 13 heteroatoms. The topological polar surface area (TPSA) is 122 Å². The first-order valence-electron chi connectivity index (χ1n) is 13.9. The number of hydrogen-bond donors (Lipinski definition) is 0. The highest BCUT2D eigenvalue weighted by Crippen LogP contribution is 2.33. The summed E-state index contributed by atoms with van der Waals surface area (Å²) in [6.07, 6.45) is 1.70. The Hall–Kier alpha value is -4.01. The molecule has 10 nitrogen and oxygen atoms in total. The van der Waals surface area contributed by atoms with Gasteiger partial charge in [0.1, 0.15) is 18.1 Å². The molecule has 1 aromatic heterocycles. The Morgan fingerprint density at radius 1 is 1.11 bits per heavy atom. The van der Waals surface area contributed by atoms with Crippen molar-refractivity contribution in [2.24, 2.45) is 4.99 Å². The highest BCUT2D eigenvalue weighted by atomic mass is 127. The number of non-ortho nitro benzene ring substituents is 1. The second kappa shape index (κ2) is 14.0. The summed E-state index contributed by atoms with van der Waals surface area (Å²) < 4.78 is 19.7. The molecule has 0 saturated carbocycles. The molecule has 1 aliphatic rings. The molecule has 0 unspecified atom stereocenters. The Balaban J connectivity index is 1.60. The summed E-state index contributed by atoms with van der Waals surface area (Å²) in [6, 6.07) is 16.0. The predicted octanol–water partition coefficient (Wildman–Crippen LogP) is 5.94. The summed E-state index contributed by atoms with van der Waals surface area (Å²) in [5, 5.41) is 11.5. The number of carbonyl (C=O) groups excluding carboxylic acids is 1. The van der Waals surface area contributed by atoms with Crippen LogP contribution in [-0.4, -0.2) is 28.7 Å². The lowest BCUT2D eigenvalue weighted by Crippen LogP contribution is -2.39. The molecule has 0 N–H and O–H groups in total. The minimum Gasteiger partial charge on any atom is -0.494 e. The first-order valence-corrected chi connectivity index (χ1v) is 16.2. The number of nitrogens with zero attached hydrogens (tertiary/aromatic N) is 3. The zero-order valence-electron chi connectivity index (χ0n) is 24.4. The predicted molar refractivity (Wildman–Crippen MR) is 180 cm³/mol. The second-order valence-corrected chi connectivity index (χ2v) is 12.4. The minimum atomic E-state index is -0.768. The van der Waals surface area contributed by atoms with Crippen LogP contribution in [0.1, 0.15) is 43.5 Å². The first-order chi connectivity index (χ1) is 21.6. The maximum atomic E-state index is 14.1. The van der Waals surface area contributed by atoms with Crippen molar-refractivity contribution in [3.05, 3.63) is 127 Å². The lowest BCUT2D eigenvalue weighted by atomic mass is 9.96. The summed E-state index contributed by atoms with van der Waals surface area (Å²) in [7, 11) is 0. The molecule has 0 aliphatic carbocycles. The van der Waals surface area contributed by atoms with Gasteiger partial charge in [0.05, 0.1) is 43.6 Å². The average molecular weight is 760 g/mol. The van der Waals surface area contributed by atoms with Crippen LogP contribution in [0.25, 0.3) is 6.08 Å². The van der Waals surface area contributed by atoms with Gasteiger partial charge in [-0.25, -0.2) is 9.79 Å². The Kier molecular flexibility index (Phi) is 10.0. The molecule has 0 radical (unpaired) electrons. The van der Waals surface area contributed by atoms with Crippen molar-refractivity contribution in [3.63, 3.8) is 0 Å². The van der Waals surface area contributed by atoms with Crippen LogP contribution in [0, 0.1) is 13.7 Å². The summed E-state index contributed by atoms with van der Waals surface area (Å²) in [4.78, 5) is 42.9. The van der Waals surface area contributed by atoms with E-state index in [-0.39, 0.29) is 30.0 Å². The maximum absolute atomic E-state index is 14.1. The quantitative estimate of drug-likeness (QED) is 0.0849. The van der Waals surface area contributed by atoms with Crippen LogP contribution in [0.5, 0.6) is 11.5 Å². The van der Waals surface area contributed by atoms with Crippen LogP contribution >= 0.6 is 45.5 Å². The zero-order chi connectivity index (χ0) is 32.2. The number of esters is 1. The molecule has 232 valence electrons. The SMILES string of the molecule is CCOC(=O)C1=C(C)N=c2s/c(=C\c3cc(Cl)cc(I)c3OCc3ccc([N+](=O)[O-])cc3)c(=O)n2[C@@H]1c1ccc(OCC)cc1. The van der Waals surface area contributed by atoms with E-state index in [1.807, 2.05) is 19.1 Å². The lowest BCUT2D eigenvalue weighted by molar-refractivity contribution is -0.384. The molecular weight excluding hydrogens is 733 g/mol. The third kappa shape index (κ3) is 6.97. The Morgan fingerprint density at radius 2 is 1.82 bits per heavy atom. The third-order valence-electron chi connectivity index (χ3n) is 6.88. The molecule has 45 heavy (non-hydrogen) atoms. The third-order valence-corrected chi connectivity index (χ3v) is 8.88. The first kappa shape index (κ1) is 32.4. The molecule has 1 atom stereocenters. The second-order valence-electron chi connectivity index (χ2n) is 9.82. The number of benzene rings is 3. The Bertz CT molecular complexity index is 1990. The minimum absolute atomic E-state index is 0.0132. The molecule has 4 aromatic rings. The van der Waals surface area contributed by atoms with Gasteiger partial charge in [-0.2, -0.15) is 0 Å². The van der Waals surface area contributed by atoms with Gasteiger partial charge in [-0.15, -0.1) is 0 Å². The molecule has 5 rings (SSSR count). The van der Waals surface area contributed by atoms with Gasteiger partial charge in [0.15, 0.2) is 4.80 Å². The number of allylic oxidation sites excluding steroid dienone is 1. The summed E-state index contributed by atoms with van der Waals surface area (Å²) in [6.45, 7) is 6.16. The highest BCUT2D eigenvalue weighted by Gasteiger charge is 2.33. The lowest BCUT2D eigenvalue weighted by Gasteiger charge is -2.24. The molecule has 3 aromatic carbocycles. The molecule has 0 spiro atoms. The number of nitro benzene ring substituents is 1. The Morgan fingerprint density at radius 3 is 2.47 bits per heavy atom. The zero-order valence-corrected chi connectivity index (χ0v) is 28.1. The molecule has 0 fully saturated rings.